The van der Waals surface area contributed by atoms with Gasteiger partial charge < -0.3 is 9.84 Å². The lowest BCUT2D eigenvalue weighted by atomic mass is 9.81. The number of fused-ring (bicyclic) bond motifs is 1. The molecule has 1 aliphatic heterocycles. The minimum absolute atomic E-state index is 0.150. The molecule has 0 saturated carbocycles. The van der Waals surface area contributed by atoms with E-state index in [1.54, 1.807) is 0 Å². The van der Waals surface area contributed by atoms with E-state index in [1.165, 1.54) is 5.56 Å². The lowest BCUT2D eigenvalue weighted by Gasteiger charge is -2.38. The number of hydrogen-bond acceptors (Lipinski definition) is 3. The van der Waals surface area contributed by atoms with E-state index in [0.717, 1.165) is 10.9 Å². The minimum atomic E-state index is -0.669. The van der Waals surface area contributed by atoms with Crippen molar-refractivity contribution < 1.29 is 9.84 Å². The van der Waals surface area contributed by atoms with E-state index in [2.05, 4.69) is 24.9 Å². The molecular weight excluding hydrogens is 262 g/mol. The third-order valence-corrected chi connectivity index (χ3v) is 4.48. The van der Waals surface area contributed by atoms with Gasteiger partial charge in [0.1, 0.15) is 0 Å². The van der Waals surface area contributed by atoms with Gasteiger partial charge in [0.25, 0.3) is 0 Å². The molecule has 1 aromatic carbocycles. The Kier molecular flexibility index (Phi) is 3.96. The van der Waals surface area contributed by atoms with Crippen LogP contribution in [0.3, 0.4) is 0 Å². The van der Waals surface area contributed by atoms with Crippen LogP contribution in [0.1, 0.15) is 32.3 Å². The second-order valence-electron chi connectivity index (χ2n) is 6.50. The van der Waals surface area contributed by atoms with Crippen LogP contribution >= 0.6 is 0 Å². The molecule has 0 radical (unpaired) electrons. The van der Waals surface area contributed by atoms with Gasteiger partial charge in [-0.15, -0.1) is 0 Å². The highest BCUT2D eigenvalue weighted by Gasteiger charge is 2.36. The maximum atomic E-state index is 11.0. The molecule has 3 nitrogen and oxygen atoms in total. The zero-order valence-corrected chi connectivity index (χ0v) is 12.7. The molecule has 1 fully saturated rings. The molecule has 2 unspecified atom stereocenters. The second-order valence-corrected chi connectivity index (χ2v) is 6.50. The van der Waals surface area contributed by atoms with Gasteiger partial charge in [0.05, 0.1) is 17.2 Å². The number of rotatable bonds is 3. The van der Waals surface area contributed by atoms with Crippen molar-refractivity contribution >= 4 is 10.9 Å². The lowest BCUT2D eigenvalue weighted by molar-refractivity contribution is -0.116. The fourth-order valence-electron chi connectivity index (χ4n) is 3.19. The molecule has 2 heterocycles. The van der Waals surface area contributed by atoms with Gasteiger partial charge in [0.2, 0.25) is 0 Å². The van der Waals surface area contributed by atoms with E-state index >= 15 is 0 Å². The fraction of sp³-hybridized carbons (Fsp3) is 0.500. The topological polar surface area (TPSA) is 42.4 Å². The average molecular weight is 285 g/mol. The van der Waals surface area contributed by atoms with Crippen LogP contribution < -0.4 is 0 Å². The van der Waals surface area contributed by atoms with Gasteiger partial charge in [-0.1, -0.05) is 32.0 Å². The van der Waals surface area contributed by atoms with Gasteiger partial charge in [-0.05, 0) is 30.0 Å². The van der Waals surface area contributed by atoms with Crippen LogP contribution in [-0.4, -0.2) is 28.4 Å². The predicted molar refractivity (Wildman–Crippen MR) is 84.2 cm³/mol. The Morgan fingerprint density at radius 1 is 1.33 bits per heavy atom. The summed E-state index contributed by atoms with van der Waals surface area (Å²) in [7, 11) is 0. The summed E-state index contributed by atoms with van der Waals surface area (Å²) in [5, 5.41) is 12.1. The fourth-order valence-corrected chi connectivity index (χ4v) is 3.19. The van der Waals surface area contributed by atoms with E-state index in [9.17, 15) is 5.11 Å². The number of hydrogen-bond donors (Lipinski definition) is 1. The van der Waals surface area contributed by atoms with Crippen molar-refractivity contribution in [2.45, 2.75) is 44.8 Å². The molecule has 1 N–H and O–H groups in total. The molecule has 1 aromatic heterocycles. The summed E-state index contributed by atoms with van der Waals surface area (Å²) in [6.07, 6.45) is 4.06. The smallest absolute Gasteiger partial charge is 0.0734 e. The van der Waals surface area contributed by atoms with Crippen molar-refractivity contribution in [2.75, 3.05) is 6.61 Å². The van der Waals surface area contributed by atoms with E-state index < -0.39 is 5.60 Å². The number of ether oxygens (including phenoxy) is 1. The SMILES string of the molecule is CC(C)C1CC(O)(Cc2ccnc3ccccc23)CCO1. The van der Waals surface area contributed by atoms with Gasteiger partial charge in [-0.25, -0.2) is 0 Å². The van der Waals surface area contributed by atoms with Gasteiger partial charge in [0, 0.05) is 31.0 Å². The zero-order chi connectivity index (χ0) is 14.9. The van der Waals surface area contributed by atoms with Crippen molar-refractivity contribution in [3.05, 3.63) is 42.1 Å². The summed E-state index contributed by atoms with van der Waals surface area (Å²) < 4.78 is 5.79. The van der Waals surface area contributed by atoms with E-state index in [4.69, 9.17) is 4.74 Å². The standard InChI is InChI=1S/C18H23NO2/c1-13(2)17-12-18(20,8-10-21-17)11-14-7-9-19-16-6-4-3-5-15(14)16/h3-7,9,13,17,20H,8,10-12H2,1-2H3. The molecule has 0 aliphatic carbocycles. The normalized spacial score (nSPS) is 26.4. The Hall–Kier alpha value is -1.45. The number of pyridine rings is 1. The van der Waals surface area contributed by atoms with Gasteiger partial charge in [0.15, 0.2) is 0 Å². The van der Waals surface area contributed by atoms with Crippen molar-refractivity contribution in [1.29, 1.82) is 0 Å². The molecule has 0 bridgehead atoms. The highest BCUT2D eigenvalue weighted by atomic mass is 16.5. The molecular formula is C18H23NO2. The van der Waals surface area contributed by atoms with Crippen molar-refractivity contribution in [2.24, 2.45) is 5.92 Å². The van der Waals surface area contributed by atoms with E-state index in [1.807, 2.05) is 30.5 Å². The summed E-state index contributed by atoms with van der Waals surface area (Å²) in [5.74, 6) is 0.436. The minimum Gasteiger partial charge on any atom is -0.389 e. The van der Waals surface area contributed by atoms with Crippen molar-refractivity contribution in [3.8, 4) is 0 Å². The molecule has 2 aromatic rings. The Balaban J connectivity index is 1.87. The van der Waals surface area contributed by atoms with Gasteiger partial charge in [-0.2, -0.15) is 0 Å². The lowest BCUT2D eigenvalue weighted by Crippen LogP contribution is -2.44. The van der Waals surface area contributed by atoms with Crippen LogP contribution in [0.15, 0.2) is 36.5 Å². The summed E-state index contributed by atoms with van der Waals surface area (Å²) >= 11 is 0. The maximum Gasteiger partial charge on any atom is 0.0734 e. The molecule has 0 amide bonds. The summed E-state index contributed by atoms with van der Waals surface area (Å²) in [4.78, 5) is 4.39. The number of nitrogens with zero attached hydrogens (tertiary/aromatic N) is 1. The molecule has 21 heavy (non-hydrogen) atoms. The zero-order valence-electron chi connectivity index (χ0n) is 12.7. The molecule has 112 valence electrons. The second kappa shape index (κ2) is 5.74. The van der Waals surface area contributed by atoms with Gasteiger partial charge >= 0.3 is 0 Å². The molecule has 3 heteroatoms. The summed E-state index contributed by atoms with van der Waals surface area (Å²) in [6, 6.07) is 10.2. The van der Waals surface area contributed by atoms with Crippen molar-refractivity contribution in [3.63, 3.8) is 0 Å². The highest BCUT2D eigenvalue weighted by molar-refractivity contribution is 5.81. The first kappa shape index (κ1) is 14.5. The predicted octanol–water partition coefficient (Wildman–Crippen LogP) is 3.34. The molecule has 3 rings (SSSR count). The van der Waals surface area contributed by atoms with E-state index in [0.29, 0.717) is 31.8 Å². The summed E-state index contributed by atoms with van der Waals surface area (Å²) in [5.41, 5.74) is 1.50. The average Bonchev–Trinajstić information content (AvgIpc) is 2.47. The first-order valence-electron chi connectivity index (χ1n) is 7.74. The first-order valence-corrected chi connectivity index (χ1v) is 7.74. The third kappa shape index (κ3) is 3.09. The monoisotopic (exact) mass is 285 g/mol. The van der Waals surface area contributed by atoms with Crippen molar-refractivity contribution in [1.82, 2.24) is 4.98 Å². The Morgan fingerprint density at radius 3 is 2.95 bits per heavy atom. The Bertz CT molecular complexity index is 620. The quantitative estimate of drug-likeness (QED) is 0.940. The molecule has 0 spiro atoms. The Morgan fingerprint density at radius 2 is 2.14 bits per heavy atom. The summed E-state index contributed by atoms with van der Waals surface area (Å²) in [6.45, 7) is 4.94. The van der Waals surface area contributed by atoms with Gasteiger partial charge in [-0.3, -0.25) is 4.98 Å². The van der Waals surface area contributed by atoms with Crippen LogP contribution in [-0.2, 0) is 11.2 Å². The number of benzene rings is 1. The Labute approximate surface area is 126 Å². The third-order valence-electron chi connectivity index (χ3n) is 4.48. The van der Waals surface area contributed by atoms with Crippen LogP contribution in [0.25, 0.3) is 10.9 Å². The molecule has 2 atom stereocenters. The maximum absolute atomic E-state index is 11.0. The molecule has 1 saturated heterocycles. The van der Waals surface area contributed by atoms with Crippen LogP contribution in [0.5, 0.6) is 0 Å². The van der Waals surface area contributed by atoms with Crippen LogP contribution in [0.4, 0.5) is 0 Å². The number of aromatic nitrogens is 1. The number of para-hydroxylation sites is 1. The highest BCUT2D eigenvalue weighted by Crippen LogP contribution is 2.32. The van der Waals surface area contributed by atoms with E-state index in [-0.39, 0.29) is 6.10 Å². The number of aliphatic hydroxyl groups is 1. The van der Waals surface area contributed by atoms with Crippen LogP contribution in [0.2, 0.25) is 0 Å². The largest absolute Gasteiger partial charge is 0.389 e. The molecule has 1 aliphatic rings. The van der Waals surface area contributed by atoms with Crippen LogP contribution in [0, 0.1) is 5.92 Å². The first-order chi connectivity index (χ1) is 10.1.